The number of hydrogen-bond acceptors (Lipinski definition) is 7. The number of nitrogens with zero attached hydrogens (tertiary/aromatic N) is 4. The van der Waals surface area contributed by atoms with Crippen LogP contribution in [0.25, 0.3) is 0 Å². The summed E-state index contributed by atoms with van der Waals surface area (Å²) in [6.07, 6.45) is 1.62. The lowest BCUT2D eigenvalue weighted by atomic mass is 10.2. The maximum Gasteiger partial charge on any atom is 0.244 e. The zero-order valence-electron chi connectivity index (χ0n) is 13.4. The Labute approximate surface area is 146 Å². The van der Waals surface area contributed by atoms with Gasteiger partial charge in [-0.15, -0.1) is 5.10 Å². The summed E-state index contributed by atoms with van der Waals surface area (Å²) in [5.74, 6) is 1.19. The molecule has 2 aromatic rings. The maximum absolute atomic E-state index is 6.14. The number of halogens is 1. The first-order valence-electron chi connectivity index (χ1n) is 8.02. The van der Waals surface area contributed by atoms with E-state index in [-0.39, 0.29) is 0 Å². The highest BCUT2D eigenvalue weighted by molar-refractivity contribution is 6.31. The Balaban J connectivity index is 1.47. The van der Waals surface area contributed by atoms with E-state index in [4.69, 9.17) is 16.3 Å². The van der Waals surface area contributed by atoms with Crippen LogP contribution in [-0.2, 0) is 11.3 Å². The second-order valence-electron chi connectivity index (χ2n) is 5.49. The van der Waals surface area contributed by atoms with Crippen molar-refractivity contribution in [3.05, 3.63) is 41.0 Å². The lowest BCUT2D eigenvalue weighted by Crippen LogP contribution is -2.39. The van der Waals surface area contributed by atoms with E-state index in [0.717, 1.165) is 50.0 Å². The monoisotopic (exact) mass is 348 g/mol. The van der Waals surface area contributed by atoms with Crippen molar-refractivity contribution < 1.29 is 4.74 Å². The van der Waals surface area contributed by atoms with E-state index in [9.17, 15) is 0 Å². The number of morpholine rings is 1. The Morgan fingerprint density at radius 2 is 2.00 bits per heavy atom. The first-order valence-corrected chi connectivity index (χ1v) is 8.40. The van der Waals surface area contributed by atoms with Crippen LogP contribution < -0.4 is 10.6 Å². The van der Waals surface area contributed by atoms with Crippen molar-refractivity contribution in [2.24, 2.45) is 0 Å². The molecule has 2 N–H and O–H groups in total. The third-order valence-corrected chi connectivity index (χ3v) is 4.16. The quantitative estimate of drug-likeness (QED) is 0.791. The molecular formula is C16H21ClN6O. The van der Waals surface area contributed by atoms with Crippen molar-refractivity contribution in [1.82, 2.24) is 20.1 Å². The van der Waals surface area contributed by atoms with Gasteiger partial charge < -0.3 is 15.4 Å². The standard InChI is InChI=1S/C16H21ClN6O/c17-14-4-2-1-3-13(14)11-19-16-21-15(12-20-22-16)18-5-6-23-7-9-24-10-8-23/h1-4,12H,5-11H2,(H2,18,19,21,22). The van der Waals surface area contributed by atoms with Crippen LogP contribution in [0.5, 0.6) is 0 Å². The normalized spacial score (nSPS) is 15.2. The number of nitrogens with one attached hydrogen (secondary N) is 2. The maximum atomic E-state index is 6.14. The van der Waals surface area contributed by atoms with E-state index in [2.05, 4.69) is 30.7 Å². The van der Waals surface area contributed by atoms with E-state index in [1.54, 1.807) is 6.20 Å². The Bertz CT molecular complexity index is 650. The first kappa shape index (κ1) is 16.9. The average Bonchev–Trinajstić information content (AvgIpc) is 2.62. The topological polar surface area (TPSA) is 75.2 Å². The molecular weight excluding hydrogens is 328 g/mol. The lowest BCUT2D eigenvalue weighted by molar-refractivity contribution is 0.0398. The van der Waals surface area contributed by atoms with Gasteiger partial charge in [0.15, 0.2) is 5.82 Å². The van der Waals surface area contributed by atoms with Crippen LogP contribution in [0.3, 0.4) is 0 Å². The molecule has 0 aliphatic carbocycles. The highest BCUT2D eigenvalue weighted by atomic mass is 35.5. The fourth-order valence-electron chi connectivity index (χ4n) is 2.45. The minimum Gasteiger partial charge on any atom is -0.379 e. The molecule has 0 bridgehead atoms. The summed E-state index contributed by atoms with van der Waals surface area (Å²) in [6.45, 7) is 5.90. The van der Waals surface area contributed by atoms with Crippen LogP contribution in [0.15, 0.2) is 30.5 Å². The molecule has 1 aromatic carbocycles. The summed E-state index contributed by atoms with van der Waals surface area (Å²) in [5, 5.41) is 15.1. The molecule has 1 aliphatic rings. The predicted octanol–water partition coefficient (Wildman–Crippen LogP) is 1.88. The van der Waals surface area contributed by atoms with Crippen molar-refractivity contribution in [2.45, 2.75) is 6.54 Å². The van der Waals surface area contributed by atoms with Crippen LogP contribution in [-0.4, -0.2) is 59.5 Å². The van der Waals surface area contributed by atoms with E-state index >= 15 is 0 Å². The van der Waals surface area contributed by atoms with E-state index in [1.165, 1.54) is 0 Å². The van der Waals surface area contributed by atoms with Crippen molar-refractivity contribution in [3.8, 4) is 0 Å². The van der Waals surface area contributed by atoms with Gasteiger partial charge >= 0.3 is 0 Å². The molecule has 2 heterocycles. The Morgan fingerprint density at radius 1 is 1.17 bits per heavy atom. The minimum absolute atomic E-state index is 0.478. The lowest BCUT2D eigenvalue weighted by Gasteiger charge is -2.26. The number of hydrogen-bond donors (Lipinski definition) is 2. The van der Waals surface area contributed by atoms with E-state index < -0.39 is 0 Å². The highest BCUT2D eigenvalue weighted by Gasteiger charge is 2.09. The van der Waals surface area contributed by atoms with Gasteiger partial charge in [-0.25, -0.2) is 0 Å². The SMILES string of the molecule is Clc1ccccc1CNc1nncc(NCCN2CCOCC2)n1. The number of anilines is 2. The molecule has 1 saturated heterocycles. The number of rotatable bonds is 7. The Morgan fingerprint density at radius 3 is 2.83 bits per heavy atom. The molecule has 0 spiro atoms. The van der Waals surface area contributed by atoms with Crippen molar-refractivity contribution in [1.29, 1.82) is 0 Å². The number of benzene rings is 1. The van der Waals surface area contributed by atoms with Crippen LogP contribution >= 0.6 is 11.6 Å². The van der Waals surface area contributed by atoms with Gasteiger partial charge in [0.2, 0.25) is 5.95 Å². The molecule has 3 rings (SSSR count). The van der Waals surface area contributed by atoms with Gasteiger partial charge in [0.05, 0.1) is 19.4 Å². The number of aromatic nitrogens is 3. The molecule has 0 saturated carbocycles. The van der Waals surface area contributed by atoms with Crippen molar-refractivity contribution in [2.75, 3.05) is 50.0 Å². The van der Waals surface area contributed by atoms with Gasteiger partial charge in [-0.1, -0.05) is 29.8 Å². The zero-order chi connectivity index (χ0) is 16.6. The second-order valence-corrected chi connectivity index (χ2v) is 5.90. The smallest absolute Gasteiger partial charge is 0.244 e. The van der Waals surface area contributed by atoms with Crippen LogP contribution in [0.2, 0.25) is 5.02 Å². The highest BCUT2D eigenvalue weighted by Crippen LogP contribution is 2.15. The minimum atomic E-state index is 0.478. The molecule has 8 heteroatoms. The van der Waals surface area contributed by atoms with Gasteiger partial charge in [0, 0.05) is 37.7 Å². The first-order chi connectivity index (χ1) is 11.8. The summed E-state index contributed by atoms with van der Waals surface area (Å²) in [7, 11) is 0. The van der Waals surface area contributed by atoms with Gasteiger partial charge in [-0.3, -0.25) is 4.90 Å². The third-order valence-electron chi connectivity index (χ3n) is 3.79. The third kappa shape index (κ3) is 5.02. The van der Waals surface area contributed by atoms with Crippen molar-refractivity contribution in [3.63, 3.8) is 0 Å². The molecule has 128 valence electrons. The molecule has 1 fully saturated rings. The van der Waals surface area contributed by atoms with E-state index in [0.29, 0.717) is 18.3 Å². The molecule has 0 atom stereocenters. The molecule has 0 unspecified atom stereocenters. The summed E-state index contributed by atoms with van der Waals surface area (Å²) in [5.41, 5.74) is 0.994. The predicted molar refractivity (Wildman–Crippen MR) is 94.4 cm³/mol. The number of ether oxygens (including phenoxy) is 1. The summed E-state index contributed by atoms with van der Waals surface area (Å²) < 4.78 is 5.34. The molecule has 0 amide bonds. The zero-order valence-corrected chi connectivity index (χ0v) is 14.2. The largest absolute Gasteiger partial charge is 0.379 e. The molecule has 7 nitrogen and oxygen atoms in total. The van der Waals surface area contributed by atoms with Gasteiger partial charge in [0.1, 0.15) is 0 Å². The van der Waals surface area contributed by atoms with E-state index in [1.807, 2.05) is 24.3 Å². The molecule has 24 heavy (non-hydrogen) atoms. The Hall–Kier alpha value is -1.96. The van der Waals surface area contributed by atoms with Gasteiger partial charge in [-0.2, -0.15) is 10.1 Å². The summed E-state index contributed by atoms with van der Waals surface area (Å²) in [4.78, 5) is 6.78. The van der Waals surface area contributed by atoms with Gasteiger partial charge in [0.25, 0.3) is 0 Å². The van der Waals surface area contributed by atoms with Crippen LogP contribution in [0, 0.1) is 0 Å². The summed E-state index contributed by atoms with van der Waals surface area (Å²) >= 11 is 6.14. The summed E-state index contributed by atoms with van der Waals surface area (Å²) in [6, 6.07) is 7.68. The van der Waals surface area contributed by atoms with Crippen LogP contribution in [0.1, 0.15) is 5.56 Å². The average molecular weight is 349 g/mol. The van der Waals surface area contributed by atoms with Crippen molar-refractivity contribution >= 4 is 23.4 Å². The molecule has 0 radical (unpaired) electrons. The van der Waals surface area contributed by atoms with Crippen LogP contribution in [0.4, 0.5) is 11.8 Å². The molecule has 1 aliphatic heterocycles. The fraction of sp³-hybridized carbons (Fsp3) is 0.438. The second kappa shape index (κ2) is 8.77. The fourth-order valence-corrected chi connectivity index (χ4v) is 2.65. The van der Waals surface area contributed by atoms with Gasteiger partial charge in [-0.05, 0) is 11.6 Å². The Kier molecular flexibility index (Phi) is 6.17. The molecule has 1 aromatic heterocycles.